The molecule has 0 atom stereocenters. The van der Waals surface area contributed by atoms with Crippen LogP contribution in [0.2, 0.25) is 4.34 Å². The van der Waals surface area contributed by atoms with Crippen molar-refractivity contribution in [2.24, 2.45) is 0 Å². The predicted octanol–water partition coefficient (Wildman–Crippen LogP) is 4.65. The van der Waals surface area contributed by atoms with Crippen molar-refractivity contribution in [2.75, 3.05) is 5.75 Å². The van der Waals surface area contributed by atoms with Crippen LogP contribution in [0.3, 0.4) is 0 Å². The highest BCUT2D eigenvalue weighted by molar-refractivity contribution is 7.99. The number of ketones is 1. The SMILES string of the molecule is Cc1cccc(OCc2nnc(SCC(=O)c3ccc(Cl)s3)o2)c1. The first-order valence-corrected chi connectivity index (χ1v) is 9.21. The lowest BCUT2D eigenvalue weighted by Gasteiger charge is -2.03. The number of hydrogen-bond acceptors (Lipinski definition) is 7. The maximum Gasteiger partial charge on any atom is 0.277 e. The molecule has 0 aliphatic carbocycles. The molecule has 0 bridgehead atoms. The topological polar surface area (TPSA) is 65.2 Å². The smallest absolute Gasteiger partial charge is 0.277 e. The van der Waals surface area contributed by atoms with Gasteiger partial charge in [0.1, 0.15) is 5.75 Å². The molecule has 8 heteroatoms. The zero-order valence-electron chi connectivity index (χ0n) is 12.7. The fourth-order valence-electron chi connectivity index (χ4n) is 1.87. The molecule has 0 fully saturated rings. The zero-order valence-corrected chi connectivity index (χ0v) is 15.1. The third-order valence-electron chi connectivity index (χ3n) is 2.97. The monoisotopic (exact) mass is 380 g/mol. The van der Waals surface area contributed by atoms with Crippen LogP contribution in [0.1, 0.15) is 21.1 Å². The van der Waals surface area contributed by atoms with E-state index in [2.05, 4.69) is 10.2 Å². The summed E-state index contributed by atoms with van der Waals surface area (Å²) in [6.45, 7) is 2.18. The fraction of sp³-hybridized carbons (Fsp3) is 0.188. The number of carbonyl (C=O) groups excluding carboxylic acids is 1. The van der Waals surface area contributed by atoms with Crippen molar-refractivity contribution in [3.05, 3.63) is 57.1 Å². The molecule has 0 unspecified atom stereocenters. The third-order valence-corrected chi connectivity index (χ3v) is 5.07. The standard InChI is InChI=1S/C16H13ClN2O3S2/c1-10-3-2-4-11(7-10)21-8-15-18-19-16(22-15)23-9-12(20)13-5-6-14(17)24-13/h2-7H,8-9H2,1H3. The quantitative estimate of drug-likeness (QED) is 0.439. The summed E-state index contributed by atoms with van der Waals surface area (Å²) in [7, 11) is 0. The number of nitrogens with zero attached hydrogens (tertiary/aromatic N) is 2. The van der Waals surface area contributed by atoms with Crippen LogP contribution in [0, 0.1) is 6.92 Å². The molecule has 124 valence electrons. The molecule has 0 saturated carbocycles. The van der Waals surface area contributed by atoms with E-state index < -0.39 is 0 Å². The molecule has 0 N–H and O–H groups in total. The Morgan fingerprint density at radius 1 is 1.33 bits per heavy atom. The summed E-state index contributed by atoms with van der Waals surface area (Å²) in [6.07, 6.45) is 0. The second kappa shape index (κ2) is 7.83. The Balaban J connectivity index is 1.51. The molecule has 3 rings (SSSR count). The Morgan fingerprint density at radius 3 is 2.96 bits per heavy atom. The summed E-state index contributed by atoms with van der Waals surface area (Å²) in [5.41, 5.74) is 1.11. The van der Waals surface area contributed by atoms with Crippen LogP contribution in [0.25, 0.3) is 0 Å². The fourth-order valence-corrected chi connectivity index (χ4v) is 3.60. The van der Waals surface area contributed by atoms with Gasteiger partial charge in [0.05, 0.1) is 15.0 Å². The first-order valence-electron chi connectivity index (χ1n) is 7.03. The van der Waals surface area contributed by atoms with Crippen LogP contribution >= 0.6 is 34.7 Å². The van der Waals surface area contributed by atoms with Gasteiger partial charge in [-0.25, -0.2) is 0 Å². The maximum atomic E-state index is 12.0. The number of hydrogen-bond donors (Lipinski definition) is 0. The summed E-state index contributed by atoms with van der Waals surface area (Å²) in [5.74, 6) is 1.31. The van der Waals surface area contributed by atoms with E-state index in [0.29, 0.717) is 20.3 Å². The Hall–Kier alpha value is -1.83. The van der Waals surface area contributed by atoms with Crippen LogP contribution in [-0.2, 0) is 6.61 Å². The molecule has 5 nitrogen and oxygen atoms in total. The summed E-state index contributed by atoms with van der Waals surface area (Å²) < 4.78 is 11.7. The van der Waals surface area contributed by atoms with Gasteiger partial charge in [0.25, 0.3) is 11.1 Å². The number of carbonyl (C=O) groups is 1. The Bertz CT molecular complexity index is 847. The minimum absolute atomic E-state index is 0.0207. The number of thioether (sulfide) groups is 1. The van der Waals surface area contributed by atoms with Crippen molar-refractivity contribution in [3.63, 3.8) is 0 Å². The van der Waals surface area contributed by atoms with Crippen molar-refractivity contribution in [1.82, 2.24) is 10.2 Å². The van der Waals surface area contributed by atoms with Crippen LogP contribution < -0.4 is 4.74 Å². The van der Waals surface area contributed by atoms with Crippen molar-refractivity contribution >= 4 is 40.5 Å². The summed E-state index contributed by atoms with van der Waals surface area (Å²) in [5, 5.41) is 8.17. The molecule has 24 heavy (non-hydrogen) atoms. The van der Waals surface area contributed by atoms with Gasteiger partial charge in [-0.2, -0.15) is 0 Å². The Labute approximate surface area is 152 Å². The Morgan fingerprint density at radius 2 is 2.21 bits per heavy atom. The van der Waals surface area contributed by atoms with Gasteiger partial charge in [-0.15, -0.1) is 21.5 Å². The van der Waals surface area contributed by atoms with Crippen molar-refractivity contribution in [2.45, 2.75) is 18.8 Å². The van der Waals surface area contributed by atoms with Crippen LogP contribution in [0.15, 0.2) is 46.0 Å². The highest BCUT2D eigenvalue weighted by Gasteiger charge is 2.13. The number of rotatable bonds is 7. The average Bonchev–Trinajstić information content (AvgIpc) is 3.20. The van der Waals surface area contributed by atoms with Gasteiger partial charge in [0, 0.05) is 0 Å². The summed E-state index contributed by atoms with van der Waals surface area (Å²) in [6, 6.07) is 11.1. The second-order valence-corrected chi connectivity index (χ2v) is 7.52. The lowest BCUT2D eigenvalue weighted by Crippen LogP contribution is -1.99. The molecule has 0 aliphatic rings. The number of halogens is 1. The van der Waals surface area contributed by atoms with E-state index >= 15 is 0 Å². The molecule has 0 aliphatic heterocycles. The molecular weight excluding hydrogens is 368 g/mol. The van der Waals surface area contributed by atoms with E-state index in [9.17, 15) is 4.79 Å². The van der Waals surface area contributed by atoms with Gasteiger partial charge in [0.2, 0.25) is 0 Å². The highest BCUT2D eigenvalue weighted by atomic mass is 35.5. The third kappa shape index (κ3) is 4.59. The first-order chi connectivity index (χ1) is 11.6. The number of aryl methyl sites for hydroxylation is 1. The van der Waals surface area contributed by atoms with E-state index in [0.717, 1.165) is 11.3 Å². The van der Waals surface area contributed by atoms with Crippen molar-refractivity contribution in [3.8, 4) is 5.75 Å². The molecular formula is C16H13ClN2O3S2. The van der Waals surface area contributed by atoms with Gasteiger partial charge < -0.3 is 9.15 Å². The number of aromatic nitrogens is 2. The van der Waals surface area contributed by atoms with Crippen LogP contribution in [0.5, 0.6) is 5.75 Å². The van der Waals surface area contributed by atoms with Gasteiger partial charge in [-0.05, 0) is 36.8 Å². The molecule has 0 spiro atoms. The van der Waals surface area contributed by atoms with E-state index in [1.165, 1.54) is 23.1 Å². The van der Waals surface area contributed by atoms with Crippen LogP contribution in [-0.4, -0.2) is 21.7 Å². The number of benzene rings is 1. The molecule has 0 saturated heterocycles. The largest absolute Gasteiger partial charge is 0.484 e. The zero-order chi connectivity index (χ0) is 16.9. The summed E-state index contributed by atoms with van der Waals surface area (Å²) >= 11 is 8.28. The highest BCUT2D eigenvalue weighted by Crippen LogP contribution is 2.24. The first kappa shape index (κ1) is 17.0. The van der Waals surface area contributed by atoms with Crippen molar-refractivity contribution in [1.29, 1.82) is 0 Å². The lowest BCUT2D eigenvalue weighted by atomic mass is 10.2. The number of Topliss-reactive ketones (excluding diaryl/α,β-unsaturated/α-hetero) is 1. The maximum absolute atomic E-state index is 12.0. The van der Waals surface area contributed by atoms with Gasteiger partial charge in [-0.3, -0.25) is 4.79 Å². The number of ether oxygens (including phenoxy) is 1. The number of thiophene rings is 1. The van der Waals surface area contributed by atoms with Gasteiger partial charge in [0.15, 0.2) is 12.4 Å². The normalized spacial score (nSPS) is 10.8. The van der Waals surface area contributed by atoms with Crippen molar-refractivity contribution < 1.29 is 13.9 Å². The van der Waals surface area contributed by atoms with E-state index in [1.54, 1.807) is 12.1 Å². The second-order valence-electron chi connectivity index (χ2n) is 4.88. The van der Waals surface area contributed by atoms with E-state index in [4.69, 9.17) is 20.8 Å². The molecule has 2 heterocycles. The Kier molecular flexibility index (Phi) is 5.55. The lowest BCUT2D eigenvalue weighted by molar-refractivity contribution is 0.102. The molecule has 2 aromatic heterocycles. The molecule has 1 aromatic carbocycles. The molecule has 0 radical (unpaired) electrons. The minimum atomic E-state index is -0.0207. The average molecular weight is 381 g/mol. The summed E-state index contributed by atoms with van der Waals surface area (Å²) in [4.78, 5) is 12.6. The molecule has 3 aromatic rings. The van der Waals surface area contributed by atoms with Gasteiger partial charge in [-0.1, -0.05) is 35.5 Å². The van der Waals surface area contributed by atoms with E-state index in [-0.39, 0.29) is 18.1 Å². The predicted molar refractivity (Wildman–Crippen MR) is 94.2 cm³/mol. The van der Waals surface area contributed by atoms with Gasteiger partial charge >= 0.3 is 0 Å². The minimum Gasteiger partial charge on any atom is -0.484 e. The molecule has 0 amide bonds. The van der Waals surface area contributed by atoms with Crippen LogP contribution in [0.4, 0.5) is 0 Å². The van der Waals surface area contributed by atoms with E-state index in [1.807, 2.05) is 31.2 Å².